The quantitative estimate of drug-likeness (QED) is 0.580. The molecule has 0 fully saturated rings. The van der Waals surface area contributed by atoms with Gasteiger partial charge in [-0.15, -0.1) is 0 Å². The van der Waals surface area contributed by atoms with E-state index >= 15 is 0 Å². The molecule has 0 saturated carbocycles. The average Bonchev–Trinajstić information content (AvgIpc) is 2.13. The molecule has 13 heavy (non-hydrogen) atoms. The van der Waals surface area contributed by atoms with Gasteiger partial charge in [0.25, 0.3) is 0 Å². The van der Waals surface area contributed by atoms with Gasteiger partial charge in [-0.1, -0.05) is 0 Å². The number of carbonyl (C=O) groups excluding carboxylic acids is 1. The molecule has 0 aliphatic carbocycles. The largest absolute Gasteiger partial charge is 0.507 e. The van der Waals surface area contributed by atoms with Crippen LogP contribution in [-0.4, -0.2) is 11.4 Å². The van der Waals surface area contributed by atoms with Crippen molar-refractivity contribution in [2.24, 2.45) is 0 Å². The molecule has 0 spiro atoms. The van der Waals surface area contributed by atoms with E-state index in [1.807, 2.05) is 13.8 Å². The van der Waals surface area contributed by atoms with E-state index in [1.54, 1.807) is 0 Å². The number of halogens is 2. The topological polar surface area (TPSA) is 37.3 Å². The van der Waals surface area contributed by atoms with Crippen LogP contribution in [0.15, 0.2) is 0 Å². The first kappa shape index (κ1) is 11.2. The molecule has 1 N–H and O–H groups in total. The van der Waals surface area contributed by atoms with Gasteiger partial charge in [-0.25, -0.2) is 0 Å². The molecule has 70 valence electrons. The van der Waals surface area contributed by atoms with E-state index in [4.69, 9.17) is 0 Å². The van der Waals surface area contributed by atoms with Crippen molar-refractivity contribution in [3.05, 3.63) is 23.8 Å². The van der Waals surface area contributed by atoms with Gasteiger partial charge in [-0.3, -0.25) is 4.79 Å². The molecule has 0 heterocycles. The standard InChI is InChI=1S/C9H8I2O2/c1-4-7(10)5(2)9(13)6(3-12)8(4)11/h3,13H,1-2H3. The van der Waals surface area contributed by atoms with Crippen molar-refractivity contribution in [3.8, 4) is 5.75 Å². The highest BCUT2D eigenvalue weighted by Gasteiger charge is 2.15. The Labute approximate surface area is 104 Å². The summed E-state index contributed by atoms with van der Waals surface area (Å²) in [5.74, 6) is 0.106. The lowest BCUT2D eigenvalue weighted by molar-refractivity contribution is 0.112. The number of phenols is 1. The minimum absolute atomic E-state index is 0.106. The van der Waals surface area contributed by atoms with Crippen LogP contribution in [0.5, 0.6) is 5.75 Å². The van der Waals surface area contributed by atoms with Gasteiger partial charge in [-0.2, -0.15) is 0 Å². The maximum absolute atomic E-state index is 10.7. The molecule has 2 nitrogen and oxygen atoms in total. The van der Waals surface area contributed by atoms with Crippen LogP contribution in [0.4, 0.5) is 0 Å². The second-order valence-electron chi connectivity index (χ2n) is 2.76. The lowest BCUT2D eigenvalue weighted by atomic mass is 10.1. The van der Waals surface area contributed by atoms with Crippen LogP contribution in [0, 0.1) is 21.0 Å². The second kappa shape index (κ2) is 4.12. The smallest absolute Gasteiger partial charge is 0.154 e. The van der Waals surface area contributed by atoms with E-state index in [0.717, 1.165) is 18.3 Å². The summed E-state index contributed by atoms with van der Waals surface area (Å²) >= 11 is 4.25. The summed E-state index contributed by atoms with van der Waals surface area (Å²) in [4.78, 5) is 10.7. The lowest BCUT2D eigenvalue weighted by Crippen LogP contribution is -1.97. The third-order valence-electron chi connectivity index (χ3n) is 1.95. The van der Waals surface area contributed by atoms with Gasteiger partial charge in [0.1, 0.15) is 5.75 Å². The van der Waals surface area contributed by atoms with Crippen LogP contribution in [0.2, 0.25) is 0 Å². The number of phenolic OH excluding ortho intramolecular Hbond substituents is 1. The number of aldehydes is 1. The molecule has 0 atom stereocenters. The fourth-order valence-corrected chi connectivity index (χ4v) is 2.79. The first-order valence-corrected chi connectivity index (χ1v) is 5.78. The predicted octanol–water partition coefficient (Wildman–Crippen LogP) is 3.03. The normalized spacial score (nSPS) is 10.2. The molecule has 0 radical (unpaired) electrons. The van der Waals surface area contributed by atoms with Gasteiger partial charge >= 0.3 is 0 Å². The van der Waals surface area contributed by atoms with E-state index < -0.39 is 0 Å². The van der Waals surface area contributed by atoms with Crippen LogP contribution in [0.3, 0.4) is 0 Å². The van der Waals surface area contributed by atoms with E-state index in [1.165, 1.54) is 0 Å². The molecule has 0 aliphatic rings. The number of hydrogen-bond acceptors (Lipinski definition) is 2. The first-order valence-electron chi connectivity index (χ1n) is 3.63. The van der Waals surface area contributed by atoms with Crippen molar-refractivity contribution in [2.75, 3.05) is 0 Å². The van der Waals surface area contributed by atoms with Gasteiger partial charge < -0.3 is 5.11 Å². The van der Waals surface area contributed by atoms with Gasteiger partial charge in [0, 0.05) is 12.7 Å². The van der Waals surface area contributed by atoms with E-state index in [2.05, 4.69) is 45.2 Å². The fourth-order valence-electron chi connectivity index (χ4n) is 1.10. The molecule has 0 saturated heterocycles. The van der Waals surface area contributed by atoms with Crippen molar-refractivity contribution in [1.82, 2.24) is 0 Å². The minimum atomic E-state index is 0.106. The Hall–Kier alpha value is 0.150. The monoisotopic (exact) mass is 402 g/mol. The molecule has 1 aromatic rings. The van der Waals surface area contributed by atoms with Crippen LogP contribution in [0.1, 0.15) is 21.5 Å². The molecule has 0 amide bonds. The van der Waals surface area contributed by atoms with Crippen molar-refractivity contribution in [2.45, 2.75) is 13.8 Å². The summed E-state index contributed by atoms with van der Waals surface area (Å²) in [6.07, 6.45) is 0.702. The molecule has 0 aliphatic heterocycles. The van der Waals surface area contributed by atoms with E-state index in [-0.39, 0.29) is 5.75 Å². The lowest BCUT2D eigenvalue weighted by Gasteiger charge is -2.10. The van der Waals surface area contributed by atoms with Gasteiger partial charge in [0.2, 0.25) is 0 Å². The van der Waals surface area contributed by atoms with Crippen molar-refractivity contribution >= 4 is 51.5 Å². The zero-order chi connectivity index (χ0) is 10.2. The molecule has 0 unspecified atom stereocenters. The minimum Gasteiger partial charge on any atom is -0.507 e. The third kappa shape index (κ3) is 1.83. The third-order valence-corrected chi connectivity index (χ3v) is 4.96. The summed E-state index contributed by atoms with van der Waals surface area (Å²) in [7, 11) is 0. The summed E-state index contributed by atoms with van der Waals surface area (Å²) in [5.41, 5.74) is 2.23. The van der Waals surface area contributed by atoms with Crippen molar-refractivity contribution in [3.63, 3.8) is 0 Å². The molecule has 4 heteroatoms. The molecule has 0 bridgehead atoms. The summed E-state index contributed by atoms with van der Waals surface area (Å²) in [6.45, 7) is 3.76. The van der Waals surface area contributed by atoms with Gasteiger partial charge in [-0.05, 0) is 64.6 Å². The van der Waals surface area contributed by atoms with E-state index in [0.29, 0.717) is 11.8 Å². The Morgan fingerprint density at radius 2 is 1.69 bits per heavy atom. The Balaban J connectivity index is 3.66. The summed E-state index contributed by atoms with van der Waals surface area (Å²) in [6, 6.07) is 0. The molecule has 0 aromatic heterocycles. The molecule has 1 rings (SSSR count). The van der Waals surface area contributed by atoms with Crippen LogP contribution < -0.4 is 0 Å². The van der Waals surface area contributed by atoms with Crippen LogP contribution in [0.25, 0.3) is 0 Å². The highest BCUT2D eigenvalue weighted by Crippen LogP contribution is 2.32. The average molecular weight is 402 g/mol. The Bertz CT molecular complexity index is 343. The predicted molar refractivity (Wildman–Crippen MR) is 68.4 cm³/mol. The summed E-state index contributed by atoms with van der Waals surface area (Å²) in [5, 5.41) is 9.64. The number of benzene rings is 1. The number of aromatic hydroxyl groups is 1. The Kier molecular flexibility index (Phi) is 3.56. The van der Waals surface area contributed by atoms with Gasteiger partial charge in [0.15, 0.2) is 6.29 Å². The molecule has 1 aromatic carbocycles. The Morgan fingerprint density at radius 3 is 2.15 bits per heavy atom. The first-order chi connectivity index (χ1) is 6.00. The Morgan fingerprint density at radius 1 is 1.15 bits per heavy atom. The maximum Gasteiger partial charge on any atom is 0.154 e. The maximum atomic E-state index is 10.7. The fraction of sp³-hybridized carbons (Fsp3) is 0.222. The van der Waals surface area contributed by atoms with E-state index in [9.17, 15) is 9.90 Å². The van der Waals surface area contributed by atoms with Crippen LogP contribution in [-0.2, 0) is 0 Å². The second-order valence-corrected chi connectivity index (χ2v) is 4.92. The molecular weight excluding hydrogens is 394 g/mol. The zero-order valence-electron chi connectivity index (χ0n) is 7.19. The van der Waals surface area contributed by atoms with Crippen molar-refractivity contribution < 1.29 is 9.90 Å². The van der Waals surface area contributed by atoms with Gasteiger partial charge in [0.05, 0.1) is 5.56 Å². The van der Waals surface area contributed by atoms with Crippen LogP contribution >= 0.6 is 45.2 Å². The number of hydrogen-bond donors (Lipinski definition) is 1. The summed E-state index contributed by atoms with van der Waals surface area (Å²) < 4.78 is 1.85. The number of rotatable bonds is 1. The molecular formula is C9H8I2O2. The zero-order valence-corrected chi connectivity index (χ0v) is 11.5. The SMILES string of the molecule is Cc1c(O)c(C=O)c(I)c(C)c1I. The van der Waals surface area contributed by atoms with Crippen molar-refractivity contribution in [1.29, 1.82) is 0 Å². The highest BCUT2D eigenvalue weighted by molar-refractivity contribution is 14.1. The number of carbonyl (C=O) groups is 1. The highest BCUT2D eigenvalue weighted by atomic mass is 127.